The number of hydrogen-bond donors (Lipinski definition) is 3. The lowest BCUT2D eigenvalue weighted by atomic mass is 9.68. The van der Waals surface area contributed by atoms with Crippen LogP contribution in [0.15, 0.2) is 60.7 Å². The molecule has 0 amide bonds. The van der Waals surface area contributed by atoms with E-state index in [4.69, 9.17) is 28.4 Å². The average molecular weight is 941 g/mol. The summed E-state index contributed by atoms with van der Waals surface area (Å²) in [5.41, 5.74) is 6.90. The van der Waals surface area contributed by atoms with Crippen LogP contribution in [-0.2, 0) is 31.9 Å². The maximum atomic E-state index is 14.3. The first kappa shape index (κ1) is 51.9. The molecule has 15 heteroatoms. The van der Waals surface area contributed by atoms with Crippen molar-refractivity contribution in [1.82, 2.24) is 16.0 Å². The third kappa shape index (κ3) is 11.7. The van der Waals surface area contributed by atoms with Crippen molar-refractivity contribution in [3.05, 3.63) is 105 Å². The normalized spacial score (nSPS) is 18.7. The van der Waals surface area contributed by atoms with Crippen molar-refractivity contribution >= 4 is 37.2 Å². The second kappa shape index (κ2) is 22.9. The van der Waals surface area contributed by atoms with E-state index >= 15 is 0 Å². The minimum atomic E-state index is -4.44. The summed E-state index contributed by atoms with van der Waals surface area (Å²) in [6.45, 7) is 2.45. The van der Waals surface area contributed by atoms with Gasteiger partial charge in [-0.05, 0) is 171 Å². The molecule has 9 nitrogen and oxygen atoms in total. The van der Waals surface area contributed by atoms with Gasteiger partial charge in [-0.25, -0.2) is 0 Å². The summed E-state index contributed by atoms with van der Waals surface area (Å²) in [7, 11) is 9.93. The average Bonchev–Trinajstić information content (AvgIpc) is 3.27. The number of benzene rings is 4. The summed E-state index contributed by atoms with van der Waals surface area (Å²) in [5.74, 6) is 4.18. The van der Waals surface area contributed by atoms with Crippen LogP contribution >= 0.6 is 37.2 Å². The summed E-state index contributed by atoms with van der Waals surface area (Å²) in [5, 5.41) is 11.4. The van der Waals surface area contributed by atoms with E-state index in [-0.39, 0.29) is 60.8 Å². The van der Waals surface area contributed by atoms with E-state index in [9.17, 15) is 13.2 Å². The third-order valence-electron chi connectivity index (χ3n) is 13.1. The van der Waals surface area contributed by atoms with E-state index in [0.29, 0.717) is 46.5 Å². The summed E-state index contributed by atoms with van der Waals surface area (Å²) < 4.78 is 77.0. The highest BCUT2D eigenvalue weighted by molar-refractivity contribution is 5.86. The molecular weight excluding hydrogens is 878 g/mol. The molecule has 0 radical (unpaired) electrons. The number of ether oxygens (including phenoxy) is 6. The number of rotatable bonds is 17. The first-order chi connectivity index (χ1) is 29.0. The first-order valence-electron chi connectivity index (χ1n) is 21.1. The molecule has 0 saturated carbocycles. The fourth-order valence-electron chi connectivity index (χ4n) is 9.96. The molecule has 3 N–H and O–H groups in total. The quantitative estimate of drug-likeness (QED) is 0.0957. The highest BCUT2D eigenvalue weighted by Crippen LogP contribution is 2.48. The van der Waals surface area contributed by atoms with Gasteiger partial charge < -0.3 is 44.4 Å². The molecule has 0 spiro atoms. The zero-order valence-electron chi connectivity index (χ0n) is 37.0. The van der Waals surface area contributed by atoms with Crippen molar-refractivity contribution < 1.29 is 41.6 Å². The minimum Gasteiger partial charge on any atom is -0.493 e. The molecule has 3 atom stereocenters. The van der Waals surface area contributed by atoms with Crippen molar-refractivity contribution in [2.24, 2.45) is 5.41 Å². The molecule has 3 unspecified atom stereocenters. The molecule has 348 valence electrons. The molecule has 63 heavy (non-hydrogen) atoms. The van der Waals surface area contributed by atoms with E-state index in [2.05, 4.69) is 52.3 Å². The Balaban J connectivity index is 0.00000290. The summed E-state index contributed by atoms with van der Waals surface area (Å²) in [6, 6.07) is 18.6. The van der Waals surface area contributed by atoms with Gasteiger partial charge in [-0.3, -0.25) is 0 Å². The van der Waals surface area contributed by atoms with Crippen LogP contribution in [0, 0.1) is 5.41 Å². The van der Waals surface area contributed by atoms with Gasteiger partial charge in [-0.1, -0.05) is 18.2 Å². The lowest BCUT2D eigenvalue weighted by Gasteiger charge is -2.40. The standard InChI is InChI=1S/C48H60F3N3O6.3ClH/c1-55-41-23-31-13-19-52-38(35(31)26-44(41)58-4)10-16-47(29-30-8-7-9-34(22-30)48(49,50)51,17-11-39-36-27-45(59-5)42(56-2)24-32(36)14-20-53-39)18-12-40-37-28-46(60-6)43(57-3)25-33(37)15-21-54-40;;;/h7-9,22-28,38-40,52-54H,10-21,29H2,1-6H3;3*1H. The first-order valence-corrected chi connectivity index (χ1v) is 21.1. The third-order valence-corrected chi connectivity index (χ3v) is 13.1. The topological polar surface area (TPSA) is 91.5 Å². The van der Waals surface area contributed by atoms with E-state index in [1.54, 1.807) is 48.7 Å². The van der Waals surface area contributed by atoms with E-state index in [0.717, 1.165) is 77.4 Å². The zero-order valence-corrected chi connectivity index (χ0v) is 39.5. The largest absolute Gasteiger partial charge is 0.493 e. The Kier molecular flexibility index (Phi) is 18.9. The van der Waals surface area contributed by atoms with Crippen LogP contribution in [-0.4, -0.2) is 62.3 Å². The summed E-state index contributed by atoms with van der Waals surface area (Å²) in [6.07, 6.45) is 3.38. The molecule has 0 aromatic heterocycles. The Morgan fingerprint density at radius 3 is 1.14 bits per heavy atom. The van der Waals surface area contributed by atoms with Crippen molar-refractivity contribution in [3.8, 4) is 34.5 Å². The van der Waals surface area contributed by atoms with Crippen LogP contribution in [0.4, 0.5) is 13.2 Å². The van der Waals surface area contributed by atoms with Crippen LogP contribution in [0.1, 0.15) is 101 Å². The number of methoxy groups -OCH3 is 6. The number of nitrogens with one attached hydrogen (secondary N) is 3. The Labute approximate surface area is 389 Å². The molecule has 0 aliphatic carbocycles. The lowest BCUT2D eigenvalue weighted by Crippen LogP contribution is -2.36. The molecule has 0 bridgehead atoms. The van der Waals surface area contributed by atoms with Crippen molar-refractivity contribution in [1.29, 1.82) is 0 Å². The molecule has 4 aromatic rings. The highest BCUT2D eigenvalue weighted by atomic mass is 35.5. The van der Waals surface area contributed by atoms with Crippen LogP contribution in [0.25, 0.3) is 0 Å². The van der Waals surface area contributed by atoms with Crippen LogP contribution < -0.4 is 44.4 Å². The van der Waals surface area contributed by atoms with Gasteiger partial charge in [0, 0.05) is 18.1 Å². The second-order valence-electron chi connectivity index (χ2n) is 16.5. The predicted octanol–water partition coefficient (Wildman–Crippen LogP) is 10.6. The molecule has 0 saturated heterocycles. The van der Waals surface area contributed by atoms with Gasteiger partial charge in [-0.2, -0.15) is 13.2 Å². The van der Waals surface area contributed by atoms with Gasteiger partial charge in [0.2, 0.25) is 0 Å². The van der Waals surface area contributed by atoms with Crippen LogP contribution in [0.3, 0.4) is 0 Å². The van der Waals surface area contributed by atoms with Crippen molar-refractivity contribution in [2.45, 2.75) is 88.5 Å². The highest BCUT2D eigenvalue weighted by Gasteiger charge is 2.37. The predicted molar refractivity (Wildman–Crippen MR) is 249 cm³/mol. The van der Waals surface area contributed by atoms with Crippen LogP contribution in [0.5, 0.6) is 34.5 Å². The Bertz CT molecular complexity index is 1940. The SMILES string of the molecule is COc1cc2c(cc1OC)C(CCC(CCC1NCCc3cc(OC)c(OC)cc31)(CCC1NCCc3cc(OC)c(OC)cc31)Cc1cccc(C(F)(F)F)c1)NCC2.Cl.Cl.Cl. The maximum absolute atomic E-state index is 14.3. The molecule has 7 rings (SSSR count). The number of fused-ring (bicyclic) bond motifs is 3. The zero-order chi connectivity index (χ0) is 42.4. The second-order valence-corrected chi connectivity index (χ2v) is 16.5. The summed E-state index contributed by atoms with van der Waals surface area (Å²) >= 11 is 0. The molecule has 3 aliphatic heterocycles. The number of halogens is 6. The Morgan fingerprint density at radius 1 is 0.492 bits per heavy atom. The molecular formula is C48H63Cl3F3N3O6. The van der Waals surface area contributed by atoms with Gasteiger partial charge in [-0.15, -0.1) is 37.2 Å². The maximum Gasteiger partial charge on any atom is 0.416 e. The van der Waals surface area contributed by atoms with Crippen molar-refractivity contribution in [2.75, 3.05) is 62.3 Å². The minimum absolute atomic E-state index is 0. The number of hydrogen-bond acceptors (Lipinski definition) is 9. The molecule has 3 aliphatic rings. The van der Waals surface area contributed by atoms with Gasteiger partial charge >= 0.3 is 6.18 Å². The molecule has 3 heterocycles. The van der Waals surface area contributed by atoms with Gasteiger partial charge in [0.25, 0.3) is 0 Å². The fourth-order valence-corrected chi connectivity index (χ4v) is 9.96. The van der Waals surface area contributed by atoms with E-state index in [1.165, 1.54) is 45.5 Å². The Morgan fingerprint density at radius 2 is 0.825 bits per heavy atom. The summed E-state index contributed by atoms with van der Waals surface area (Å²) in [4.78, 5) is 0. The van der Waals surface area contributed by atoms with Crippen LogP contribution in [0.2, 0.25) is 0 Å². The van der Waals surface area contributed by atoms with Gasteiger partial charge in [0.15, 0.2) is 34.5 Å². The molecule has 4 aromatic carbocycles. The fraction of sp³-hybridized carbons (Fsp3) is 0.500. The monoisotopic (exact) mass is 939 g/mol. The smallest absolute Gasteiger partial charge is 0.416 e. The number of alkyl halides is 3. The van der Waals surface area contributed by atoms with Crippen molar-refractivity contribution in [3.63, 3.8) is 0 Å². The molecule has 0 fully saturated rings. The van der Waals surface area contributed by atoms with Gasteiger partial charge in [0.1, 0.15) is 0 Å². The van der Waals surface area contributed by atoms with Gasteiger partial charge in [0.05, 0.1) is 48.2 Å². The Hall–Kier alpha value is -3.78. The van der Waals surface area contributed by atoms with E-state index in [1.807, 2.05) is 6.07 Å². The van der Waals surface area contributed by atoms with E-state index < -0.39 is 11.7 Å². The lowest BCUT2D eigenvalue weighted by molar-refractivity contribution is -0.137.